The lowest BCUT2D eigenvalue weighted by atomic mass is 10.1. The van der Waals surface area contributed by atoms with Gasteiger partial charge in [0.05, 0.1) is 6.54 Å². The Morgan fingerprint density at radius 1 is 1.42 bits per heavy atom. The molecule has 0 saturated heterocycles. The molecule has 0 fully saturated rings. The van der Waals surface area contributed by atoms with Gasteiger partial charge in [0.1, 0.15) is 12.4 Å². The Bertz CT molecular complexity index is 898. The van der Waals surface area contributed by atoms with Crippen LogP contribution in [-0.4, -0.2) is 25.1 Å². The van der Waals surface area contributed by atoms with Crippen molar-refractivity contribution in [1.82, 2.24) is 19.3 Å². The van der Waals surface area contributed by atoms with Gasteiger partial charge < -0.3 is 4.57 Å². The first-order valence-electron chi connectivity index (χ1n) is 7.60. The summed E-state index contributed by atoms with van der Waals surface area (Å²) in [5, 5.41) is 18.4. The van der Waals surface area contributed by atoms with E-state index in [9.17, 15) is 4.79 Å². The molecule has 0 unspecified atom stereocenters. The number of rotatable bonds is 6. The number of carbonyl (C=O) groups is 1. The molecule has 3 aromatic heterocycles. The number of nitriles is 1. The third kappa shape index (κ3) is 3.14. The summed E-state index contributed by atoms with van der Waals surface area (Å²) in [6.45, 7) is 4.90. The monoisotopic (exact) mass is 339 g/mol. The Morgan fingerprint density at radius 3 is 2.96 bits per heavy atom. The van der Waals surface area contributed by atoms with Crippen molar-refractivity contribution in [2.75, 3.05) is 0 Å². The predicted molar refractivity (Wildman–Crippen MR) is 91.0 cm³/mol. The summed E-state index contributed by atoms with van der Waals surface area (Å²) in [5.41, 5.74) is 2.72. The number of aromatic nitrogens is 4. The summed E-state index contributed by atoms with van der Waals surface area (Å²) in [6, 6.07) is 8.03. The first kappa shape index (κ1) is 16.1. The third-order valence-corrected chi connectivity index (χ3v) is 5.00. The van der Waals surface area contributed by atoms with E-state index in [2.05, 4.69) is 32.3 Å². The number of thiophene rings is 1. The second-order valence-electron chi connectivity index (χ2n) is 5.58. The van der Waals surface area contributed by atoms with Gasteiger partial charge in [0.15, 0.2) is 5.78 Å². The highest BCUT2D eigenvalue weighted by Gasteiger charge is 2.17. The van der Waals surface area contributed by atoms with E-state index in [1.165, 1.54) is 15.8 Å². The average Bonchev–Trinajstić information content (AvgIpc) is 3.28. The van der Waals surface area contributed by atoms with Crippen molar-refractivity contribution < 1.29 is 4.79 Å². The van der Waals surface area contributed by atoms with Gasteiger partial charge >= 0.3 is 0 Å². The number of ketones is 1. The summed E-state index contributed by atoms with van der Waals surface area (Å²) in [7, 11) is 0. The van der Waals surface area contributed by atoms with Gasteiger partial charge in [-0.05, 0) is 37.8 Å². The van der Waals surface area contributed by atoms with Crippen molar-refractivity contribution in [3.63, 3.8) is 0 Å². The fourth-order valence-corrected chi connectivity index (χ4v) is 3.50. The molecule has 0 aliphatic heterocycles. The summed E-state index contributed by atoms with van der Waals surface area (Å²) in [4.78, 5) is 13.9. The van der Waals surface area contributed by atoms with Crippen molar-refractivity contribution in [2.24, 2.45) is 0 Å². The quantitative estimate of drug-likeness (QED) is 0.647. The van der Waals surface area contributed by atoms with E-state index >= 15 is 0 Å². The van der Waals surface area contributed by atoms with E-state index in [0.29, 0.717) is 5.56 Å². The van der Waals surface area contributed by atoms with E-state index in [-0.39, 0.29) is 18.2 Å². The lowest BCUT2D eigenvalue weighted by Crippen LogP contribution is -2.13. The van der Waals surface area contributed by atoms with Gasteiger partial charge in [-0.3, -0.25) is 9.36 Å². The average molecular weight is 339 g/mol. The molecule has 24 heavy (non-hydrogen) atoms. The highest BCUT2D eigenvalue weighted by Crippen LogP contribution is 2.18. The Balaban J connectivity index is 1.78. The minimum Gasteiger partial charge on any atom is -0.348 e. The van der Waals surface area contributed by atoms with Crippen LogP contribution in [-0.2, 0) is 19.5 Å². The normalized spacial score (nSPS) is 10.7. The van der Waals surface area contributed by atoms with Crippen LogP contribution in [0.5, 0.6) is 0 Å². The molecule has 0 N–H and O–H groups in total. The number of nitrogens with zero attached hydrogens (tertiary/aromatic N) is 5. The predicted octanol–water partition coefficient (Wildman–Crippen LogP) is 2.76. The number of Topliss-reactive ketones (excluding diaryl/α,β-unsaturated/α-hetero) is 1. The molecule has 6 nitrogen and oxygen atoms in total. The van der Waals surface area contributed by atoms with Crippen LogP contribution >= 0.6 is 11.3 Å². The maximum Gasteiger partial charge on any atom is 0.235 e. The highest BCUT2D eigenvalue weighted by atomic mass is 32.1. The van der Waals surface area contributed by atoms with Crippen LogP contribution in [0.4, 0.5) is 0 Å². The zero-order valence-corrected chi connectivity index (χ0v) is 14.4. The maximum atomic E-state index is 12.6. The molecule has 0 aromatic carbocycles. The van der Waals surface area contributed by atoms with E-state index in [0.717, 1.165) is 24.4 Å². The molecule has 7 heteroatoms. The van der Waals surface area contributed by atoms with Crippen molar-refractivity contribution in [1.29, 1.82) is 5.26 Å². The fourth-order valence-electron chi connectivity index (χ4n) is 2.80. The zero-order valence-electron chi connectivity index (χ0n) is 13.6. The molecule has 3 rings (SSSR count). The van der Waals surface area contributed by atoms with Gasteiger partial charge in [0.25, 0.3) is 0 Å². The summed E-state index contributed by atoms with van der Waals surface area (Å²) in [6.07, 6.45) is 2.36. The number of carbonyl (C=O) groups excluding carboxylic acids is 1. The number of hydrogen-bond acceptors (Lipinski definition) is 5. The minimum atomic E-state index is -0.0400. The van der Waals surface area contributed by atoms with Crippen LogP contribution in [0.15, 0.2) is 29.9 Å². The molecule has 0 spiro atoms. The molecular weight excluding hydrogens is 322 g/mol. The first-order valence-corrected chi connectivity index (χ1v) is 8.48. The third-order valence-electron chi connectivity index (χ3n) is 4.07. The van der Waals surface area contributed by atoms with E-state index in [1.54, 1.807) is 11.3 Å². The van der Waals surface area contributed by atoms with Gasteiger partial charge in [-0.25, -0.2) is 0 Å². The molecule has 122 valence electrons. The van der Waals surface area contributed by atoms with E-state index < -0.39 is 0 Å². The molecule has 0 saturated carbocycles. The zero-order chi connectivity index (χ0) is 17.1. The molecule has 3 heterocycles. The summed E-state index contributed by atoms with van der Waals surface area (Å²) >= 11 is 1.75. The van der Waals surface area contributed by atoms with Crippen molar-refractivity contribution >= 4 is 17.1 Å². The number of hydrogen-bond donors (Lipinski definition) is 0. The number of aryl methyl sites for hydroxylation is 2. The first-order chi connectivity index (χ1) is 11.6. The molecule has 0 radical (unpaired) electrons. The van der Waals surface area contributed by atoms with Gasteiger partial charge in [-0.15, -0.1) is 21.5 Å². The highest BCUT2D eigenvalue weighted by molar-refractivity contribution is 7.09. The standard InChI is InChI=1S/C17H17N5OS/c1-12-8-15(16(23)10-21-11-19-20-17(21)9-18)13(2)22(12)6-5-14-4-3-7-24-14/h3-4,7-8,11H,5-6,10H2,1-2H3. The second-order valence-corrected chi connectivity index (χ2v) is 6.62. The Kier molecular flexibility index (Phi) is 4.58. The molecular formula is C17H17N5OS. The molecule has 0 atom stereocenters. The van der Waals surface area contributed by atoms with Gasteiger partial charge in [0, 0.05) is 28.4 Å². The second kappa shape index (κ2) is 6.81. The van der Waals surface area contributed by atoms with Crippen molar-refractivity contribution in [2.45, 2.75) is 33.4 Å². The molecule has 3 aromatic rings. The lowest BCUT2D eigenvalue weighted by Gasteiger charge is -2.09. The lowest BCUT2D eigenvalue weighted by molar-refractivity contribution is 0.0971. The fraction of sp³-hybridized carbons (Fsp3) is 0.294. The summed E-state index contributed by atoms with van der Waals surface area (Å²) < 4.78 is 3.64. The SMILES string of the molecule is Cc1cc(C(=O)Cn2cnnc2C#N)c(C)n1CCc1cccs1. The Hall–Kier alpha value is -2.72. The molecule has 0 aliphatic rings. The van der Waals surface area contributed by atoms with Crippen LogP contribution in [0.2, 0.25) is 0 Å². The van der Waals surface area contributed by atoms with Crippen LogP contribution in [0.1, 0.15) is 32.4 Å². The topological polar surface area (TPSA) is 76.5 Å². The molecule has 0 aliphatic carbocycles. The summed E-state index contributed by atoms with van der Waals surface area (Å²) in [5.74, 6) is 0.108. The largest absolute Gasteiger partial charge is 0.348 e. The smallest absolute Gasteiger partial charge is 0.235 e. The Labute approximate surface area is 144 Å². The van der Waals surface area contributed by atoms with Crippen LogP contribution in [0.25, 0.3) is 0 Å². The molecule has 0 bridgehead atoms. The van der Waals surface area contributed by atoms with Gasteiger partial charge in [-0.2, -0.15) is 5.26 Å². The Morgan fingerprint density at radius 2 is 2.25 bits per heavy atom. The van der Waals surface area contributed by atoms with E-state index in [4.69, 9.17) is 5.26 Å². The van der Waals surface area contributed by atoms with E-state index in [1.807, 2.05) is 26.0 Å². The van der Waals surface area contributed by atoms with Crippen molar-refractivity contribution in [3.05, 3.63) is 57.6 Å². The minimum absolute atomic E-state index is 0.0400. The molecule has 0 amide bonds. The van der Waals surface area contributed by atoms with Gasteiger partial charge in [0.2, 0.25) is 5.82 Å². The van der Waals surface area contributed by atoms with Gasteiger partial charge in [-0.1, -0.05) is 6.07 Å². The van der Waals surface area contributed by atoms with Crippen LogP contribution < -0.4 is 0 Å². The van der Waals surface area contributed by atoms with Crippen LogP contribution in [0, 0.1) is 25.2 Å². The van der Waals surface area contributed by atoms with Crippen molar-refractivity contribution in [3.8, 4) is 6.07 Å². The van der Waals surface area contributed by atoms with Crippen LogP contribution in [0.3, 0.4) is 0 Å². The maximum absolute atomic E-state index is 12.6.